The van der Waals surface area contributed by atoms with Gasteiger partial charge in [-0.3, -0.25) is 4.99 Å². The van der Waals surface area contributed by atoms with E-state index in [0.29, 0.717) is 0 Å². The Labute approximate surface area is 255 Å². The van der Waals surface area contributed by atoms with Crippen molar-refractivity contribution >= 4 is 49.8 Å². The third-order valence-corrected chi connectivity index (χ3v) is 9.86. The van der Waals surface area contributed by atoms with E-state index in [1.165, 1.54) is 43.6 Å². The molecule has 5 atom stereocenters. The molecule has 0 amide bonds. The van der Waals surface area contributed by atoms with Crippen molar-refractivity contribution in [3.63, 3.8) is 0 Å². The van der Waals surface area contributed by atoms with Crippen LogP contribution in [0, 0.1) is 5.92 Å². The van der Waals surface area contributed by atoms with Crippen molar-refractivity contribution in [3.8, 4) is 0 Å². The van der Waals surface area contributed by atoms with Crippen molar-refractivity contribution < 1.29 is 0 Å². The molecule has 1 aliphatic carbocycles. The van der Waals surface area contributed by atoms with E-state index in [-0.39, 0.29) is 30.1 Å². The minimum Gasteiger partial charge on any atom is -0.369 e. The van der Waals surface area contributed by atoms with Crippen molar-refractivity contribution in [1.82, 2.24) is 24.4 Å². The number of fused-ring (bicyclic) bond motifs is 6. The summed E-state index contributed by atoms with van der Waals surface area (Å²) in [4.78, 5) is 14.9. The molecule has 7 aromatic rings. The summed E-state index contributed by atoms with van der Waals surface area (Å²) < 4.78 is 5.25. The fourth-order valence-electron chi connectivity index (χ4n) is 8.17. The highest BCUT2D eigenvalue weighted by Crippen LogP contribution is 2.54. The molecular weight excluding hydrogens is 540 g/mol. The SMILES string of the molecule is C1=CNC(C2CCC(c3ncccn3)C(n3c4ccccc4c4ccccc43)C2n2c3ccccc3c3ccccc32)N=C1. The summed E-state index contributed by atoms with van der Waals surface area (Å²) >= 11 is 0. The van der Waals surface area contributed by atoms with Crippen LogP contribution >= 0.6 is 0 Å². The lowest BCUT2D eigenvalue weighted by molar-refractivity contribution is 0.121. The maximum Gasteiger partial charge on any atom is 0.133 e. The smallest absolute Gasteiger partial charge is 0.133 e. The van der Waals surface area contributed by atoms with Crippen LogP contribution in [0.1, 0.15) is 36.7 Å². The Morgan fingerprint density at radius 3 is 1.57 bits per heavy atom. The molecule has 1 fully saturated rings. The van der Waals surface area contributed by atoms with E-state index in [4.69, 9.17) is 15.0 Å². The molecule has 6 nitrogen and oxygen atoms in total. The lowest BCUT2D eigenvalue weighted by Crippen LogP contribution is -2.45. The van der Waals surface area contributed by atoms with E-state index in [1.807, 2.05) is 37.0 Å². The van der Waals surface area contributed by atoms with Crippen LogP contribution in [-0.4, -0.2) is 31.5 Å². The van der Waals surface area contributed by atoms with Crippen LogP contribution in [0.25, 0.3) is 43.6 Å². The molecular formula is C38H32N6. The van der Waals surface area contributed by atoms with Gasteiger partial charge < -0.3 is 14.5 Å². The monoisotopic (exact) mass is 572 g/mol. The summed E-state index contributed by atoms with van der Waals surface area (Å²) in [5.74, 6) is 1.21. The van der Waals surface area contributed by atoms with Gasteiger partial charge in [0.2, 0.25) is 0 Å². The molecule has 2 aliphatic rings. The van der Waals surface area contributed by atoms with Crippen LogP contribution in [0.15, 0.2) is 133 Å². The first kappa shape index (κ1) is 25.3. The van der Waals surface area contributed by atoms with Crippen LogP contribution < -0.4 is 5.32 Å². The van der Waals surface area contributed by atoms with Crippen LogP contribution in [0.4, 0.5) is 0 Å². The first-order valence-electron chi connectivity index (χ1n) is 15.5. The average molecular weight is 573 g/mol. The number of aliphatic imine (C=N–C) groups is 1. The topological polar surface area (TPSA) is 60.0 Å². The third kappa shape index (κ3) is 3.77. The first-order valence-corrected chi connectivity index (χ1v) is 15.5. The van der Waals surface area contributed by atoms with Gasteiger partial charge in [-0.15, -0.1) is 0 Å². The average Bonchev–Trinajstić information content (AvgIpc) is 3.61. The number of hydrogen-bond acceptors (Lipinski definition) is 4. The molecule has 44 heavy (non-hydrogen) atoms. The van der Waals surface area contributed by atoms with E-state index in [0.717, 1.165) is 18.7 Å². The molecule has 0 bridgehead atoms. The number of allylic oxidation sites excluding steroid dienone is 1. The number of nitrogens with zero attached hydrogens (tertiary/aromatic N) is 5. The van der Waals surface area contributed by atoms with E-state index in [1.54, 1.807) is 0 Å². The second kappa shape index (κ2) is 10.2. The van der Waals surface area contributed by atoms with Crippen LogP contribution in [-0.2, 0) is 0 Å². The zero-order valence-corrected chi connectivity index (χ0v) is 24.2. The Morgan fingerprint density at radius 1 is 0.568 bits per heavy atom. The van der Waals surface area contributed by atoms with Crippen molar-refractivity contribution in [2.45, 2.75) is 37.0 Å². The predicted octanol–water partition coefficient (Wildman–Crippen LogP) is 8.18. The number of rotatable bonds is 4. The molecule has 4 aromatic carbocycles. The van der Waals surface area contributed by atoms with Gasteiger partial charge in [-0.1, -0.05) is 72.8 Å². The van der Waals surface area contributed by atoms with E-state index in [2.05, 4.69) is 112 Å². The van der Waals surface area contributed by atoms with Gasteiger partial charge in [-0.2, -0.15) is 0 Å². The molecule has 4 heterocycles. The second-order valence-electron chi connectivity index (χ2n) is 12.0. The van der Waals surface area contributed by atoms with Gasteiger partial charge in [0.05, 0.1) is 12.1 Å². The highest BCUT2D eigenvalue weighted by molar-refractivity contribution is 6.09. The number of nitrogens with one attached hydrogen (secondary N) is 1. The standard InChI is InChI=1S/C38H32N6/c1-5-15-31-25(11-1)26-12-2-6-16-32(26)43(31)35-29(37-39-21-9-22-40-37)19-20-30(38-41-23-10-24-42-38)36(35)44-33-17-7-3-13-27(33)28-14-4-8-18-34(28)44/h1-18,21-24,29-30,35-37,39H,19-20H2. The molecule has 3 aromatic heterocycles. The molecule has 1 N–H and O–H groups in total. The van der Waals surface area contributed by atoms with E-state index in [9.17, 15) is 0 Å². The first-order chi connectivity index (χ1) is 21.9. The fourth-order valence-corrected chi connectivity index (χ4v) is 8.17. The van der Waals surface area contributed by atoms with Crippen LogP contribution in [0.2, 0.25) is 0 Å². The summed E-state index contributed by atoms with van der Waals surface area (Å²) in [6, 6.07) is 37.4. The van der Waals surface area contributed by atoms with Gasteiger partial charge in [0.15, 0.2) is 0 Å². The van der Waals surface area contributed by atoms with E-state index < -0.39 is 0 Å². The third-order valence-electron chi connectivity index (χ3n) is 9.86. The Morgan fingerprint density at radius 2 is 1.07 bits per heavy atom. The molecule has 214 valence electrons. The molecule has 0 spiro atoms. The van der Waals surface area contributed by atoms with E-state index >= 15 is 0 Å². The second-order valence-corrected chi connectivity index (χ2v) is 12.0. The molecule has 9 rings (SSSR count). The molecule has 1 aliphatic heterocycles. The lowest BCUT2D eigenvalue weighted by Gasteiger charge is -2.47. The molecule has 5 unspecified atom stereocenters. The summed E-state index contributed by atoms with van der Waals surface area (Å²) in [5, 5.41) is 8.74. The Bertz CT molecular complexity index is 2100. The van der Waals surface area contributed by atoms with Crippen molar-refractivity contribution in [2.75, 3.05) is 0 Å². The summed E-state index contributed by atoms with van der Waals surface area (Å²) in [6.45, 7) is 0. The highest BCUT2D eigenvalue weighted by Gasteiger charge is 2.47. The highest BCUT2D eigenvalue weighted by atomic mass is 15.2. The van der Waals surface area contributed by atoms with Crippen molar-refractivity contribution in [3.05, 3.63) is 134 Å². The summed E-state index contributed by atoms with van der Waals surface area (Å²) in [6.07, 6.45) is 11.7. The van der Waals surface area contributed by atoms with Gasteiger partial charge in [0, 0.05) is 74.1 Å². The zero-order valence-electron chi connectivity index (χ0n) is 24.2. The van der Waals surface area contributed by atoms with Gasteiger partial charge in [-0.05, 0) is 55.4 Å². The van der Waals surface area contributed by atoms with Crippen molar-refractivity contribution in [1.29, 1.82) is 0 Å². The minimum atomic E-state index is -0.0434. The predicted molar refractivity (Wildman–Crippen MR) is 179 cm³/mol. The van der Waals surface area contributed by atoms with Gasteiger partial charge in [-0.25, -0.2) is 9.97 Å². The Balaban J connectivity index is 1.41. The largest absolute Gasteiger partial charge is 0.369 e. The molecule has 0 radical (unpaired) electrons. The Kier molecular flexibility index (Phi) is 5.86. The van der Waals surface area contributed by atoms with Crippen molar-refractivity contribution in [2.24, 2.45) is 10.9 Å². The normalized spacial score (nSPS) is 23.5. The number of benzene rings is 4. The number of hydrogen-bond donors (Lipinski definition) is 1. The van der Waals surface area contributed by atoms with Crippen LogP contribution in [0.5, 0.6) is 0 Å². The number of para-hydroxylation sites is 4. The van der Waals surface area contributed by atoms with Gasteiger partial charge >= 0.3 is 0 Å². The van der Waals surface area contributed by atoms with Gasteiger partial charge in [0.1, 0.15) is 12.0 Å². The van der Waals surface area contributed by atoms with Crippen LogP contribution in [0.3, 0.4) is 0 Å². The maximum absolute atomic E-state index is 5.03. The molecule has 1 saturated carbocycles. The Hall–Kier alpha value is -5.23. The zero-order chi connectivity index (χ0) is 29.0. The number of aromatic nitrogens is 4. The quantitative estimate of drug-likeness (QED) is 0.231. The summed E-state index contributed by atoms with van der Waals surface area (Å²) in [7, 11) is 0. The van der Waals surface area contributed by atoms with Gasteiger partial charge in [0.25, 0.3) is 0 Å². The molecule has 6 heteroatoms. The summed E-state index contributed by atoms with van der Waals surface area (Å²) in [5.41, 5.74) is 4.98. The molecule has 0 saturated heterocycles. The minimum absolute atomic E-state index is 0.0167. The maximum atomic E-state index is 5.03. The fraction of sp³-hybridized carbons (Fsp3) is 0.184. The lowest BCUT2D eigenvalue weighted by atomic mass is 9.72.